The SMILES string of the molecule is Cc1ccc(N2C(=O)CC2(/C=C/c2ccccc2)C(=O)NC2CCCC2)cc1. The van der Waals surface area contributed by atoms with E-state index in [0.717, 1.165) is 42.5 Å². The molecule has 1 heterocycles. The van der Waals surface area contributed by atoms with Crippen LogP contribution in [-0.4, -0.2) is 23.4 Å². The average Bonchev–Trinajstić information content (AvgIpc) is 3.20. The number of hydrogen-bond donors (Lipinski definition) is 1. The van der Waals surface area contributed by atoms with Gasteiger partial charge >= 0.3 is 0 Å². The maximum Gasteiger partial charge on any atom is 0.251 e. The fraction of sp³-hybridized carbons (Fsp3) is 0.333. The van der Waals surface area contributed by atoms with E-state index in [1.165, 1.54) is 0 Å². The van der Waals surface area contributed by atoms with Crippen molar-refractivity contribution >= 4 is 23.6 Å². The summed E-state index contributed by atoms with van der Waals surface area (Å²) in [5, 5.41) is 3.21. The second kappa shape index (κ2) is 7.63. The maximum atomic E-state index is 13.4. The third-order valence-electron chi connectivity index (χ3n) is 5.80. The van der Waals surface area contributed by atoms with E-state index in [2.05, 4.69) is 5.32 Å². The van der Waals surface area contributed by atoms with Crippen LogP contribution in [0.15, 0.2) is 60.7 Å². The highest BCUT2D eigenvalue weighted by atomic mass is 16.2. The number of nitrogens with one attached hydrogen (secondary N) is 1. The van der Waals surface area contributed by atoms with E-state index >= 15 is 0 Å². The molecule has 1 atom stereocenters. The Bertz CT molecular complexity index is 883. The third-order valence-corrected chi connectivity index (χ3v) is 5.80. The van der Waals surface area contributed by atoms with Crippen LogP contribution in [0.1, 0.15) is 43.2 Å². The zero-order valence-corrected chi connectivity index (χ0v) is 16.2. The minimum Gasteiger partial charge on any atom is -0.351 e. The summed E-state index contributed by atoms with van der Waals surface area (Å²) in [6.07, 6.45) is 8.38. The summed E-state index contributed by atoms with van der Waals surface area (Å²) < 4.78 is 0. The average molecular weight is 374 g/mol. The van der Waals surface area contributed by atoms with Crippen molar-refractivity contribution in [3.63, 3.8) is 0 Å². The summed E-state index contributed by atoms with van der Waals surface area (Å²) in [7, 11) is 0. The van der Waals surface area contributed by atoms with Gasteiger partial charge in [-0.2, -0.15) is 0 Å². The minimum atomic E-state index is -0.967. The van der Waals surface area contributed by atoms with Gasteiger partial charge in [-0.25, -0.2) is 0 Å². The number of aryl methyl sites for hydroxylation is 1. The van der Waals surface area contributed by atoms with E-state index < -0.39 is 5.54 Å². The number of anilines is 1. The Morgan fingerprint density at radius 1 is 1.07 bits per heavy atom. The molecule has 1 aliphatic heterocycles. The number of nitrogens with zero attached hydrogens (tertiary/aromatic N) is 1. The van der Waals surface area contributed by atoms with Crippen molar-refractivity contribution in [3.05, 3.63) is 71.8 Å². The number of amides is 2. The Hall–Kier alpha value is -2.88. The Morgan fingerprint density at radius 3 is 2.39 bits per heavy atom. The molecule has 0 aromatic heterocycles. The van der Waals surface area contributed by atoms with Gasteiger partial charge in [0.2, 0.25) is 5.91 Å². The predicted molar refractivity (Wildman–Crippen MR) is 112 cm³/mol. The molecule has 0 spiro atoms. The molecule has 2 fully saturated rings. The van der Waals surface area contributed by atoms with Gasteiger partial charge in [0.25, 0.3) is 5.91 Å². The molecular weight excluding hydrogens is 348 g/mol. The molecule has 1 unspecified atom stereocenters. The summed E-state index contributed by atoms with van der Waals surface area (Å²) in [5.41, 5.74) is 1.93. The normalized spacial score (nSPS) is 22.5. The molecule has 1 aliphatic carbocycles. The molecule has 1 saturated carbocycles. The van der Waals surface area contributed by atoms with Crippen LogP contribution in [0.4, 0.5) is 5.69 Å². The lowest BCUT2D eigenvalue weighted by Gasteiger charge is -2.49. The summed E-state index contributed by atoms with van der Waals surface area (Å²) in [4.78, 5) is 27.6. The number of rotatable bonds is 5. The van der Waals surface area contributed by atoms with E-state index in [4.69, 9.17) is 0 Å². The van der Waals surface area contributed by atoms with Crippen molar-refractivity contribution in [3.8, 4) is 0 Å². The molecule has 0 radical (unpaired) electrons. The van der Waals surface area contributed by atoms with Gasteiger partial charge in [-0.15, -0.1) is 0 Å². The van der Waals surface area contributed by atoms with Crippen molar-refractivity contribution in [1.82, 2.24) is 5.32 Å². The van der Waals surface area contributed by atoms with Crippen LogP contribution in [0.2, 0.25) is 0 Å². The van der Waals surface area contributed by atoms with Gasteiger partial charge < -0.3 is 5.32 Å². The highest BCUT2D eigenvalue weighted by molar-refractivity contribution is 6.15. The van der Waals surface area contributed by atoms with Gasteiger partial charge in [-0.1, -0.05) is 66.9 Å². The van der Waals surface area contributed by atoms with E-state index in [1.54, 1.807) is 4.90 Å². The highest BCUT2D eigenvalue weighted by Crippen LogP contribution is 2.39. The van der Waals surface area contributed by atoms with Crippen LogP contribution in [0.3, 0.4) is 0 Å². The minimum absolute atomic E-state index is 0.0249. The third kappa shape index (κ3) is 3.47. The number of hydrogen-bond acceptors (Lipinski definition) is 2. The van der Waals surface area contributed by atoms with Crippen molar-refractivity contribution in [2.45, 2.75) is 50.6 Å². The Balaban J connectivity index is 1.68. The lowest BCUT2D eigenvalue weighted by atomic mass is 9.80. The van der Waals surface area contributed by atoms with Crippen LogP contribution in [0, 0.1) is 6.92 Å². The van der Waals surface area contributed by atoms with Gasteiger partial charge in [0.05, 0.1) is 6.42 Å². The number of benzene rings is 2. The van der Waals surface area contributed by atoms with Gasteiger partial charge in [0.15, 0.2) is 5.54 Å². The molecular formula is C24H26N2O2. The van der Waals surface area contributed by atoms with Crippen LogP contribution in [0.5, 0.6) is 0 Å². The Kier molecular flexibility index (Phi) is 5.03. The first-order valence-electron chi connectivity index (χ1n) is 10.0. The molecule has 1 N–H and O–H groups in total. The molecule has 4 heteroatoms. The zero-order valence-electron chi connectivity index (χ0n) is 16.2. The van der Waals surface area contributed by atoms with Gasteiger partial charge in [-0.05, 0) is 43.5 Å². The molecule has 0 bridgehead atoms. The molecule has 2 amide bonds. The second-order valence-corrected chi connectivity index (χ2v) is 7.86. The topological polar surface area (TPSA) is 49.4 Å². The first kappa shape index (κ1) is 18.5. The molecule has 4 nitrogen and oxygen atoms in total. The molecule has 1 saturated heterocycles. The second-order valence-electron chi connectivity index (χ2n) is 7.86. The Labute approximate surface area is 166 Å². The highest BCUT2D eigenvalue weighted by Gasteiger charge is 2.55. The van der Waals surface area contributed by atoms with E-state index in [1.807, 2.05) is 73.7 Å². The van der Waals surface area contributed by atoms with Crippen molar-refractivity contribution in [2.24, 2.45) is 0 Å². The van der Waals surface area contributed by atoms with E-state index in [9.17, 15) is 9.59 Å². The standard InChI is InChI=1S/C24H26N2O2/c1-18-11-13-21(14-12-18)26-22(27)17-24(26,16-15-19-7-3-2-4-8-19)23(28)25-20-9-5-6-10-20/h2-4,7-8,11-16,20H,5-6,9-10,17H2,1H3,(H,25,28)/b16-15+. The molecule has 4 rings (SSSR count). The fourth-order valence-electron chi connectivity index (χ4n) is 4.16. The maximum absolute atomic E-state index is 13.4. The summed E-state index contributed by atoms with van der Waals surface area (Å²) in [6, 6.07) is 17.9. The van der Waals surface area contributed by atoms with E-state index in [-0.39, 0.29) is 24.3 Å². The molecule has 144 valence electrons. The lowest BCUT2D eigenvalue weighted by Crippen LogP contribution is -2.70. The van der Waals surface area contributed by atoms with Gasteiger partial charge in [0.1, 0.15) is 0 Å². The largest absolute Gasteiger partial charge is 0.351 e. The lowest BCUT2D eigenvalue weighted by molar-refractivity contribution is -0.137. The number of carbonyl (C=O) groups is 2. The van der Waals surface area contributed by atoms with Gasteiger partial charge in [-0.3, -0.25) is 14.5 Å². The summed E-state index contributed by atoms with van der Waals surface area (Å²) >= 11 is 0. The van der Waals surface area contributed by atoms with Crippen LogP contribution >= 0.6 is 0 Å². The zero-order chi connectivity index (χ0) is 19.6. The number of β-lactam (4-membered cyclic amide) rings is 1. The molecule has 2 aromatic rings. The first-order valence-corrected chi connectivity index (χ1v) is 10.0. The number of carbonyl (C=O) groups excluding carboxylic acids is 2. The van der Waals surface area contributed by atoms with Crippen LogP contribution in [-0.2, 0) is 9.59 Å². The predicted octanol–water partition coefficient (Wildman–Crippen LogP) is 4.24. The van der Waals surface area contributed by atoms with Crippen molar-refractivity contribution in [1.29, 1.82) is 0 Å². The monoisotopic (exact) mass is 374 g/mol. The van der Waals surface area contributed by atoms with Crippen molar-refractivity contribution < 1.29 is 9.59 Å². The summed E-state index contributed by atoms with van der Waals surface area (Å²) in [5.74, 6) is -0.102. The van der Waals surface area contributed by atoms with Crippen LogP contribution in [0.25, 0.3) is 6.08 Å². The molecule has 2 aliphatic rings. The first-order chi connectivity index (χ1) is 13.6. The summed E-state index contributed by atoms with van der Waals surface area (Å²) in [6.45, 7) is 2.01. The van der Waals surface area contributed by atoms with E-state index in [0.29, 0.717) is 0 Å². The molecule has 2 aromatic carbocycles. The van der Waals surface area contributed by atoms with Crippen LogP contribution < -0.4 is 10.2 Å². The van der Waals surface area contributed by atoms with Gasteiger partial charge in [0, 0.05) is 11.7 Å². The molecule has 28 heavy (non-hydrogen) atoms. The quantitative estimate of drug-likeness (QED) is 0.796. The fourth-order valence-corrected chi connectivity index (χ4v) is 4.16. The van der Waals surface area contributed by atoms with Crippen molar-refractivity contribution in [2.75, 3.05) is 4.90 Å². The Morgan fingerprint density at radius 2 is 1.75 bits per heavy atom. The smallest absolute Gasteiger partial charge is 0.251 e.